The van der Waals surface area contributed by atoms with Crippen molar-refractivity contribution in [2.45, 2.75) is 27.2 Å². The molecule has 3 rings (SSSR count). The highest BCUT2D eigenvalue weighted by molar-refractivity contribution is 6.31. The third kappa shape index (κ3) is 3.61. The summed E-state index contributed by atoms with van der Waals surface area (Å²) in [6, 6.07) is 13.4. The molecule has 2 aromatic carbocycles. The summed E-state index contributed by atoms with van der Waals surface area (Å²) < 4.78 is 0. The first-order valence-corrected chi connectivity index (χ1v) is 9.23. The topological polar surface area (TPSA) is 40.6 Å². The van der Waals surface area contributed by atoms with Gasteiger partial charge in [0, 0.05) is 35.9 Å². The van der Waals surface area contributed by atoms with Gasteiger partial charge in [-0.05, 0) is 56.2 Å². The van der Waals surface area contributed by atoms with Gasteiger partial charge in [0.15, 0.2) is 0 Å². The molecule has 0 aliphatic carbocycles. The molecule has 0 spiro atoms. The van der Waals surface area contributed by atoms with Crippen LogP contribution in [0.15, 0.2) is 42.5 Å². The van der Waals surface area contributed by atoms with Crippen LogP contribution in [0.4, 0.5) is 11.4 Å². The summed E-state index contributed by atoms with van der Waals surface area (Å²) in [5, 5.41) is 0.586. The third-order valence-corrected chi connectivity index (χ3v) is 5.07. The summed E-state index contributed by atoms with van der Waals surface area (Å²) in [6.45, 7) is 6.87. The largest absolute Gasteiger partial charge is 0.312 e. The minimum atomic E-state index is -0.346. The molecule has 0 radical (unpaired) electrons. The van der Waals surface area contributed by atoms with E-state index < -0.39 is 0 Å². The second kappa shape index (κ2) is 7.50. The maximum atomic E-state index is 13.1. The Labute approximate surface area is 159 Å². The molecule has 2 amide bonds. The molecule has 1 unspecified atom stereocenters. The van der Waals surface area contributed by atoms with Gasteiger partial charge in [-0.1, -0.05) is 29.8 Å². The molecule has 136 valence electrons. The number of rotatable bonds is 4. The Bertz CT molecular complexity index is 850. The molecule has 0 saturated carbocycles. The Kier molecular flexibility index (Phi) is 5.33. The molecule has 1 fully saturated rings. The van der Waals surface area contributed by atoms with E-state index in [1.807, 2.05) is 51.1 Å². The summed E-state index contributed by atoms with van der Waals surface area (Å²) in [4.78, 5) is 29.1. The lowest BCUT2D eigenvalue weighted by Gasteiger charge is -2.25. The van der Waals surface area contributed by atoms with Crippen LogP contribution in [0.2, 0.25) is 5.02 Å². The van der Waals surface area contributed by atoms with Gasteiger partial charge < -0.3 is 9.80 Å². The number of halogens is 1. The van der Waals surface area contributed by atoms with Crippen LogP contribution in [-0.4, -0.2) is 24.9 Å². The molecule has 0 aromatic heterocycles. The Morgan fingerprint density at radius 1 is 1.23 bits per heavy atom. The number of hydrogen-bond acceptors (Lipinski definition) is 2. The predicted octanol–water partition coefficient (Wildman–Crippen LogP) is 4.36. The monoisotopic (exact) mass is 370 g/mol. The van der Waals surface area contributed by atoms with E-state index in [1.165, 1.54) is 0 Å². The number of nitrogens with zero attached hydrogens (tertiary/aromatic N) is 2. The molecule has 2 aromatic rings. The summed E-state index contributed by atoms with van der Waals surface area (Å²) >= 11 is 6.10. The smallest absolute Gasteiger partial charge is 0.232 e. The van der Waals surface area contributed by atoms with E-state index in [-0.39, 0.29) is 24.2 Å². The molecular formula is C21H23ClN2O2. The average molecular weight is 371 g/mol. The van der Waals surface area contributed by atoms with Crippen molar-refractivity contribution in [1.82, 2.24) is 0 Å². The van der Waals surface area contributed by atoms with Crippen LogP contribution in [0.1, 0.15) is 24.5 Å². The summed E-state index contributed by atoms with van der Waals surface area (Å²) in [7, 11) is 0. The van der Waals surface area contributed by atoms with Crippen LogP contribution in [0, 0.1) is 19.8 Å². The lowest BCUT2D eigenvalue weighted by Crippen LogP contribution is -2.37. The highest BCUT2D eigenvalue weighted by atomic mass is 35.5. The number of anilines is 2. The Morgan fingerprint density at radius 2 is 2.00 bits per heavy atom. The Balaban J connectivity index is 1.83. The molecular weight excluding hydrogens is 348 g/mol. The van der Waals surface area contributed by atoms with Gasteiger partial charge >= 0.3 is 0 Å². The zero-order chi connectivity index (χ0) is 18.8. The fourth-order valence-electron chi connectivity index (χ4n) is 3.46. The number of benzene rings is 2. The zero-order valence-electron chi connectivity index (χ0n) is 15.3. The maximum Gasteiger partial charge on any atom is 0.232 e. The van der Waals surface area contributed by atoms with Crippen LogP contribution in [0.5, 0.6) is 0 Å². The highest BCUT2D eigenvalue weighted by Gasteiger charge is 2.37. The van der Waals surface area contributed by atoms with Crippen molar-refractivity contribution >= 4 is 34.8 Å². The normalized spacial score (nSPS) is 16.8. The third-order valence-electron chi connectivity index (χ3n) is 4.83. The van der Waals surface area contributed by atoms with Crippen molar-refractivity contribution in [3.8, 4) is 0 Å². The molecule has 5 heteroatoms. The van der Waals surface area contributed by atoms with Gasteiger partial charge in [0.2, 0.25) is 11.8 Å². The minimum absolute atomic E-state index is 0.00590. The number of carbonyl (C=O) groups excluding carboxylic acids is 2. The van der Waals surface area contributed by atoms with Gasteiger partial charge in [0.1, 0.15) is 0 Å². The van der Waals surface area contributed by atoms with Crippen LogP contribution in [0.25, 0.3) is 0 Å². The molecule has 1 saturated heterocycles. The summed E-state index contributed by atoms with van der Waals surface area (Å²) in [6.07, 6.45) is 0.229. The van der Waals surface area contributed by atoms with Crippen molar-refractivity contribution in [3.63, 3.8) is 0 Å². The van der Waals surface area contributed by atoms with Gasteiger partial charge in [0.25, 0.3) is 0 Å². The van der Waals surface area contributed by atoms with E-state index in [2.05, 4.69) is 0 Å². The zero-order valence-corrected chi connectivity index (χ0v) is 16.1. The fourth-order valence-corrected chi connectivity index (χ4v) is 3.63. The Morgan fingerprint density at radius 3 is 2.69 bits per heavy atom. The van der Waals surface area contributed by atoms with Crippen LogP contribution >= 0.6 is 11.6 Å². The first kappa shape index (κ1) is 18.5. The van der Waals surface area contributed by atoms with Gasteiger partial charge in [0.05, 0.1) is 5.92 Å². The minimum Gasteiger partial charge on any atom is -0.312 e. The van der Waals surface area contributed by atoms with E-state index in [4.69, 9.17) is 11.6 Å². The van der Waals surface area contributed by atoms with Crippen molar-refractivity contribution < 1.29 is 9.59 Å². The molecule has 1 atom stereocenters. The quantitative estimate of drug-likeness (QED) is 0.802. The second-order valence-corrected chi connectivity index (χ2v) is 7.19. The van der Waals surface area contributed by atoms with E-state index in [9.17, 15) is 9.59 Å². The molecule has 1 heterocycles. The van der Waals surface area contributed by atoms with E-state index in [0.717, 1.165) is 22.5 Å². The number of carbonyl (C=O) groups is 2. The fraction of sp³-hybridized carbons (Fsp3) is 0.333. The SMILES string of the molecule is CCN(C(=O)C1CC(=O)N(c2cc(Cl)ccc2C)C1)c1cccc(C)c1. The standard InChI is InChI=1S/C21H23ClN2O2/c1-4-23(18-7-5-6-14(2)10-18)21(26)16-11-20(25)24(13-16)19-12-17(22)9-8-15(19)3/h5-10,12,16H,4,11,13H2,1-3H3. The highest BCUT2D eigenvalue weighted by Crippen LogP contribution is 2.31. The molecule has 1 aliphatic heterocycles. The molecule has 0 N–H and O–H groups in total. The number of hydrogen-bond donors (Lipinski definition) is 0. The van der Waals surface area contributed by atoms with E-state index >= 15 is 0 Å². The van der Waals surface area contributed by atoms with Gasteiger partial charge in [-0.2, -0.15) is 0 Å². The van der Waals surface area contributed by atoms with Gasteiger partial charge in [-0.15, -0.1) is 0 Å². The first-order valence-electron chi connectivity index (χ1n) is 8.85. The first-order chi connectivity index (χ1) is 12.4. The summed E-state index contributed by atoms with van der Waals surface area (Å²) in [5.74, 6) is -0.385. The van der Waals surface area contributed by atoms with E-state index in [0.29, 0.717) is 18.1 Å². The average Bonchev–Trinajstić information content (AvgIpc) is 2.99. The molecule has 0 bridgehead atoms. The lowest BCUT2D eigenvalue weighted by atomic mass is 10.1. The lowest BCUT2D eigenvalue weighted by molar-refractivity contribution is -0.124. The van der Waals surface area contributed by atoms with Gasteiger partial charge in [-0.25, -0.2) is 0 Å². The maximum absolute atomic E-state index is 13.1. The molecule has 4 nitrogen and oxygen atoms in total. The molecule has 1 aliphatic rings. The van der Waals surface area contributed by atoms with Crippen LogP contribution in [0.3, 0.4) is 0 Å². The predicted molar refractivity (Wildman–Crippen MR) is 106 cm³/mol. The van der Waals surface area contributed by atoms with E-state index in [1.54, 1.807) is 21.9 Å². The number of amides is 2. The Hall–Kier alpha value is -2.33. The van der Waals surface area contributed by atoms with Crippen LogP contribution < -0.4 is 9.80 Å². The van der Waals surface area contributed by atoms with Gasteiger partial charge in [-0.3, -0.25) is 9.59 Å². The second-order valence-electron chi connectivity index (χ2n) is 6.76. The number of aryl methyl sites for hydroxylation is 2. The van der Waals surface area contributed by atoms with Crippen LogP contribution in [-0.2, 0) is 9.59 Å². The van der Waals surface area contributed by atoms with Crippen molar-refractivity contribution in [3.05, 3.63) is 58.6 Å². The summed E-state index contributed by atoms with van der Waals surface area (Å²) in [5.41, 5.74) is 3.74. The molecule has 26 heavy (non-hydrogen) atoms. The van der Waals surface area contributed by atoms with Crippen molar-refractivity contribution in [1.29, 1.82) is 0 Å². The van der Waals surface area contributed by atoms with Crippen molar-refractivity contribution in [2.75, 3.05) is 22.9 Å². The van der Waals surface area contributed by atoms with Crippen molar-refractivity contribution in [2.24, 2.45) is 5.92 Å².